The summed E-state index contributed by atoms with van der Waals surface area (Å²) >= 11 is 0. The average molecular weight is 1710 g/mol. The number of aryl methyl sites for hydroxylation is 1. The van der Waals surface area contributed by atoms with Crippen molar-refractivity contribution in [2.24, 2.45) is 30.0 Å². The lowest BCUT2D eigenvalue weighted by molar-refractivity contribution is 0.364. The molecule has 0 aliphatic carbocycles. The second kappa shape index (κ2) is 34.2. The summed E-state index contributed by atoms with van der Waals surface area (Å²) in [7, 11) is 9.81. The standard InChI is InChI=1S/C34H34N4O2.C33H27F5N4O2.C33H29F3N4O2/c1-20-4-6-21(7-5-20)22(16-31-33-27(12-14-35-31)25-10-8-23(39-2)18-29(25)37-33)17-32-34-28(13-15-36-32)26-11-9-24(40-3)19-30(26)38-34;1-43-16-3-5-18-20-7-9-39-24(32(20)41-22(18)13-16)11-15(26-27(34)29(36)31(38)30(37)28(26)35)12-25-33-21(8-10-40-25)19-6-4-17(44-2)14-23(19)42-33;1-41-18-3-5-20-22-7-9-37-30(32(22)39-28(20)13-18)11-17(24-15-26(35)27(36)16-25(24)34)12-31-33-23(8-10-38-31)21-6-4-19(42-2)14-29(21)40-33/h4-11,18-19,22,37-38H,12-17H2,1-3H3;3-6,13-15,41-42H,7-12H2,1-2H3;3-6,13-17,39-40H,7-12H2,1-2H3. The molecule has 126 heavy (non-hydrogen) atoms. The van der Waals surface area contributed by atoms with Crippen LogP contribution in [0.3, 0.4) is 0 Å². The number of aliphatic imine (C=N–C) groups is 6. The van der Waals surface area contributed by atoms with Gasteiger partial charge in [-0.15, -0.1) is 0 Å². The van der Waals surface area contributed by atoms with Crippen molar-refractivity contribution in [2.75, 3.05) is 81.9 Å². The fraction of sp³-hybridized carbons (Fsp3) is 0.280. The molecule has 642 valence electrons. The smallest absolute Gasteiger partial charge is 0.200 e. The van der Waals surface area contributed by atoms with Crippen LogP contribution in [0.2, 0.25) is 0 Å². The number of halogens is 8. The number of nitrogens with one attached hydrogen (secondary N) is 6. The Labute approximate surface area is 719 Å². The van der Waals surface area contributed by atoms with Crippen LogP contribution in [0, 0.1) is 53.5 Å². The highest BCUT2D eigenvalue weighted by Crippen LogP contribution is 2.44. The lowest BCUT2D eigenvalue weighted by Gasteiger charge is -2.24. The van der Waals surface area contributed by atoms with Crippen LogP contribution in [0.5, 0.6) is 34.5 Å². The van der Waals surface area contributed by atoms with Crippen LogP contribution in [-0.4, -0.2) is 146 Å². The highest BCUT2D eigenvalue weighted by atomic mass is 19.2. The third-order valence-corrected chi connectivity index (χ3v) is 25.7. The van der Waals surface area contributed by atoms with Gasteiger partial charge in [-0.25, -0.2) is 35.1 Å². The van der Waals surface area contributed by atoms with E-state index in [0.29, 0.717) is 92.2 Å². The Bertz CT molecular complexity index is 6700. The summed E-state index contributed by atoms with van der Waals surface area (Å²) in [6, 6.07) is 46.3. The van der Waals surface area contributed by atoms with Gasteiger partial charge >= 0.3 is 0 Å². The molecule has 6 aromatic heterocycles. The molecule has 0 amide bonds. The third kappa shape index (κ3) is 15.3. The van der Waals surface area contributed by atoms with E-state index in [-0.39, 0.29) is 24.3 Å². The molecule has 15 aromatic rings. The van der Waals surface area contributed by atoms with Gasteiger partial charge in [0.05, 0.1) is 111 Å². The van der Waals surface area contributed by atoms with Gasteiger partial charge in [-0.2, -0.15) is 0 Å². The number of methoxy groups -OCH3 is 6. The number of aromatic nitrogens is 6. The highest BCUT2D eigenvalue weighted by Gasteiger charge is 2.37. The van der Waals surface area contributed by atoms with Crippen LogP contribution in [0.1, 0.15) is 146 Å². The number of hydrogen-bond donors (Lipinski definition) is 6. The summed E-state index contributed by atoms with van der Waals surface area (Å²) < 4.78 is 150. The van der Waals surface area contributed by atoms with E-state index in [9.17, 15) is 22.0 Å². The van der Waals surface area contributed by atoms with Crippen molar-refractivity contribution in [3.63, 3.8) is 0 Å². The Hall–Kier alpha value is -13.5. The maximum absolute atomic E-state index is 15.4. The van der Waals surface area contributed by atoms with Crippen molar-refractivity contribution < 1.29 is 63.5 Å². The predicted octanol–water partition coefficient (Wildman–Crippen LogP) is 21.3. The molecule has 6 N–H and O–H groups in total. The largest absolute Gasteiger partial charge is 0.497 e. The van der Waals surface area contributed by atoms with Crippen molar-refractivity contribution in [2.45, 2.75) is 102 Å². The van der Waals surface area contributed by atoms with Gasteiger partial charge in [0.2, 0.25) is 5.82 Å². The number of hydrogen-bond acceptors (Lipinski definition) is 12. The van der Waals surface area contributed by atoms with Gasteiger partial charge in [0.1, 0.15) is 40.3 Å². The molecule has 0 atom stereocenters. The Balaban J connectivity index is 0.000000124. The van der Waals surface area contributed by atoms with Gasteiger partial charge in [0, 0.05) is 159 Å². The first kappa shape index (κ1) is 82.1. The van der Waals surface area contributed by atoms with Crippen LogP contribution in [0.25, 0.3) is 65.4 Å². The Morgan fingerprint density at radius 1 is 0.270 bits per heavy atom. The molecule has 6 aliphatic rings. The molecule has 0 bridgehead atoms. The number of H-pyrrole nitrogens is 6. The minimum atomic E-state index is -2.19. The first-order valence-electron chi connectivity index (χ1n) is 42.4. The summed E-state index contributed by atoms with van der Waals surface area (Å²) in [5, 5.41) is 6.62. The first-order chi connectivity index (χ1) is 61.3. The van der Waals surface area contributed by atoms with Gasteiger partial charge < -0.3 is 58.3 Å². The summed E-state index contributed by atoms with van der Waals surface area (Å²) in [6.45, 7) is 5.78. The molecule has 26 heteroatoms. The molecule has 0 unspecified atom stereocenters. The molecular weight excluding hydrogens is 1620 g/mol. The zero-order chi connectivity index (χ0) is 86.9. The quantitative estimate of drug-likeness (QED) is 0.0233. The van der Waals surface area contributed by atoms with Crippen molar-refractivity contribution >= 4 is 99.7 Å². The Kier molecular flexibility index (Phi) is 22.3. The second-order valence-corrected chi connectivity index (χ2v) is 32.8. The van der Waals surface area contributed by atoms with E-state index in [1.54, 1.807) is 42.7 Å². The van der Waals surface area contributed by atoms with E-state index in [1.165, 1.54) is 44.4 Å². The molecule has 18 nitrogen and oxygen atoms in total. The molecule has 0 radical (unpaired) electrons. The van der Waals surface area contributed by atoms with Crippen molar-refractivity contribution in [1.29, 1.82) is 0 Å². The second-order valence-electron chi connectivity index (χ2n) is 32.8. The van der Waals surface area contributed by atoms with Gasteiger partial charge in [-0.3, -0.25) is 30.0 Å². The first-order valence-corrected chi connectivity index (χ1v) is 42.4. The van der Waals surface area contributed by atoms with E-state index in [4.69, 9.17) is 48.4 Å². The summed E-state index contributed by atoms with van der Waals surface area (Å²) in [5.74, 6) is -9.86. The fourth-order valence-corrected chi connectivity index (χ4v) is 19.4. The number of ether oxygens (including phenoxy) is 6. The maximum Gasteiger partial charge on any atom is 0.200 e. The number of rotatable bonds is 21. The fourth-order valence-electron chi connectivity index (χ4n) is 19.4. The van der Waals surface area contributed by atoms with Gasteiger partial charge in [0.15, 0.2) is 34.9 Å². The summed E-state index contributed by atoms with van der Waals surface area (Å²) in [6.07, 6.45) is 6.88. The third-order valence-electron chi connectivity index (χ3n) is 25.7. The molecule has 0 saturated carbocycles. The van der Waals surface area contributed by atoms with E-state index in [0.717, 1.165) is 192 Å². The average Bonchev–Trinajstić information content (AvgIpc) is 1.08. The van der Waals surface area contributed by atoms with Crippen LogP contribution in [0.4, 0.5) is 35.1 Å². The summed E-state index contributed by atoms with van der Waals surface area (Å²) in [4.78, 5) is 50.3. The zero-order valence-electron chi connectivity index (χ0n) is 70.5. The normalized spacial score (nSPS) is 14.6. The highest BCUT2D eigenvalue weighted by molar-refractivity contribution is 6.13. The van der Waals surface area contributed by atoms with Crippen molar-refractivity contribution in [3.05, 3.63) is 282 Å². The number of nitrogens with zero attached hydrogens (tertiary/aromatic N) is 6. The van der Waals surface area contributed by atoms with E-state index >= 15 is 13.2 Å². The summed E-state index contributed by atoms with van der Waals surface area (Å²) in [5.41, 5.74) is 24.8. The van der Waals surface area contributed by atoms with Crippen LogP contribution in [-0.2, 0) is 38.5 Å². The topological polar surface area (TPSA) is 224 Å². The number of benzene rings is 9. The molecule has 0 fully saturated rings. The molecular formula is C100H90F8N12O6. The van der Waals surface area contributed by atoms with E-state index in [2.05, 4.69) is 95.3 Å². The van der Waals surface area contributed by atoms with E-state index in [1.807, 2.05) is 84.9 Å². The van der Waals surface area contributed by atoms with Gasteiger partial charge in [-0.1, -0.05) is 29.8 Å². The zero-order valence-corrected chi connectivity index (χ0v) is 70.5. The predicted molar refractivity (Wildman–Crippen MR) is 479 cm³/mol. The van der Waals surface area contributed by atoms with Gasteiger partial charge in [-0.05, 0) is 219 Å². The minimum Gasteiger partial charge on any atom is -0.497 e. The Morgan fingerprint density at radius 2 is 0.508 bits per heavy atom. The molecule has 0 spiro atoms. The number of aromatic amines is 6. The molecule has 21 rings (SSSR count). The maximum atomic E-state index is 15.4. The van der Waals surface area contributed by atoms with Crippen LogP contribution < -0.4 is 28.4 Å². The van der Waals surface area contributed by atoms with Crippen LogP contribution >= 0.6 is 0 Å². The minimum absolute atomic E-state index is 0.0856. The van der Waals surface area contributed by atoms with E-state index < -0.39 is 63.9 Å². The molecule has 12 heterocycles. The van der Waals surface area contributed by atoms with Gasteiger partial charge in [0.25, 0.3) is 0 Å². The van der Waals surface area contributed by atoms with Crippen molar-refractivity contribution in [3.8, 4) is 34.5 Å². The lowest BCUT2D eigenvalue weighted by Crippen LogP contribution is -2.22. The molecule has 6 aliphatic heterocycles. The van der Waals surface area contributed by atoms with Crippen molar-refractivity contribution in [1.82, 2.24) is 29.9 Å². The van der Waals surface area contributed by atoms with Crippen LogP contribution in [0.15, 0.2) is 176 Å². The SMILES string of the molecule is COc1ccc2c3c([nH]c2c1)C(CC(CC1=NCCc2c1[nH]c1cc(OC)ccc21)c1c(F)c(F)c(F)c(F)c1F)=NCC3.COc1ccc2c3c([nH]c2c1)C(CC(CC1=NCCc2c1[nH]c1cc(OC)ccc21)c1cc(F)c(F)cc1F)=NCC3.COc1ccc2c3c([nH]c2c1)C(CC(CC1=NCCc2c1[nH]c1cc(OC)ccc21)c1ccc(C)cc1)=NCC3. The molecule has 9 aromatic carbocycles. The monoisotopic (exact) mass is 1710 g/mol. The number of fused-ring (bicyclic) bond motifs is 18. The lowest BCUT2D eigenvalue weighted by atomic mass is 9.84. The molecule has 0 saturated heterocycles. The Morgan fingerprint density at radius 3 is 0.770 bits per heavy atom.